The van der Waals surface area contributed by atoms with Crippen LogP contribution in [0.2, 0.25) is 0 Å². The summed E-state index contributed by atoms with van der Waals surface area (Å²) in [5.41, 5.74) is 0.410. The number of sulfonamides is 1. The molecule has 5 nitrogen and oxygen atoms in total. The standard InChI is InChI=1S/C12H23N3O2S/c1-7-15-8-11(9(2)13-15)18(16,17)14-10(3)12(4,5)6/h8,10,14H,7H2,1-6H3. The summed E-state index contributed by atoms with van der Waals surface area (Å²) in [7, 11) is -3.50. The van der Waals surface area contributed by atoms with Crippen molar-refractivity contribution in [2.45, 2.75) is 59.0 Å². The van der Waals surface area contributed by atoms with Gasteiger partial charge >= 0.3 is 0 Å². The van der Waals surface area contributed by atoms with Crippen LogP contribution in [-0.4, -0.2) is 24.2 Å². The maximum Gasteiger partial charge on any atom is 0.244 e. The van der Waals surface area contributed by atoms with Crippen molar-refractivity contribution in [1.29, 1.82) is 0 Å². The first-order valence-corrected chi connectivity index (χ1v) is 7.62. The number of hydrogen-bond acceptors (Lipinski definition) is 3. The lowest BCUT2D eigenvalue weighted by Crippen LogP contribution is -2.41. The highest BCUT2D eigenvalue weighted by Gasteiger charge is 2.28. The lowest BCUT2D eigenvalue weighted by Gasteiger charge is -2.27. The van der Waals surface area contributed by atoms with E-state index in [2.05, 4.69) is 9.82 Å². The van der Waals surface area contributed by atoms with Gasteiger partial charge in [-0.1, -0.05) is 20.8 Å². The van der Waals surface area contributed by atoms with Crippen molar-refractivity contribution < 1.29 is 8.42 Å². The van der Waals surface area contributed by atoms with E-state index in [0.717, 1.165) is 0 Å². The third kappa shape index (κ3) is 3.32. The molecule has 0 aliphatic heterocycles. The SMILES string of the molecule is CCn1cc(S(=O)(=O)NC(C)C(C)(C)C)c(C)n1. The fraction of sp³-hybridized carbons (Fsp3) is 0.750. The van der Waals surface area contributed by atoms with Gasteiger partial charge in [0.2, 0.25) is 10.0 Å². The van der Waals surface area contributed by atoms with Crippen molar-refractivity contribution in [3.05, 3.63) is 11.9 Å². The molecule has 18 heavy (non-hydrogen) atoms. The molecular formula is C12H23N3O2S. The number of nitrogens with one attached hydrogen (secondary N) is 1. The Morgan fingerprint density at radius 3 is 2.39 bits per heavy atom. The highest BCUT2D eigenvalue weighted by atomic mass is 32.2. The quantitative estimate of drug-likeness (QED) is 0.911. The maximum atomic E-state index is 12.3. The molecule has 1 aromatic heterocycles. The average molecular weight is 273 g/mol. The summed E-state index contributed by atoms with van der Waals surface area (Å²) in [5.74, 6) is 0. The van der Waals surface area contributed by atoms with Gasteiger partial charge in [-0.05, 0) is 26.2 Å². The fourth-order valence-corrected chi connectivity index (χ4v) is 3.03. The molecule has 1 rings (SSSR count). The molecule has 0 aliphatic carbocycles. The Bertz CT molecular complexity index is 512. The van der Waals surface area contributed by atoms with Crippen LogP contribution in [0.5, 0.6) is 0 Å². The van der Waals surface area contributed by atoms with E-state index in [1.54, 1.807) is 17.8 Å². The van der Waals surface area contributed by atoms with Crippen molar-refractivity contribution in [3.8, 4) is 0 Å². The first kappa shape index (κ1) is 15.2. The minimum absolute atomic E-state index is 0.123. The maximum absolute atomic E-state index is 12.3. The number of nitrogens with zero attached hydrogens (tertiary/aromatic N) is 2. The Kier molecular flexibility index (Phi) is 4.23. The van der Waals surface area contributed by atoms with Gasteiger partial charge in [0, 0.05) is 18.8 Å². The molecule has 0 spiro atoms. The van der Waals surface area contributed by atoms with Crippen molar-refractivity contribution in [2.75, 3.05) is 0 Å². The van der Waals surface area contributed by atoms with Crippen molar-refractivity contribution >= 4 is 10.0 Å². The molecule has 0 bridgehead atoms. The van der Waals surface area contributed by atoms with E-state index in [1.165, 1.54) is 0 Å². The second kappa shape index (κ2) is 5.01. The fourth-order valence-electron chi connectivity index (χ4n) is 1.40. The Morgan fingerprint density at radius 1 is 1.44 bits per heavy atom. The van der Waals surface area contributed by atoms with Gasteiger partial charge in [-0.15, -0.1) is 0 Å². The average Bonchev–Trinajstić information content (AvgIpc) is 2.58. The van der Waals surface area contributed by atoms with Crippen LogP contribution in [0, 0.1) is 12.3 Å². The van der Waals surface area contributed by atoms with E-state index in [0.29, 0.717) is 12.2 Å². The zero-order valence-electron chi connectivity index (χ0n) is 12.0. The highest BCUT2D eigenvalue weighted by molar-refractivity contribution is 7.89. The molecule has 1 unspecified atom stereocenters. The normalized spacial score (nSPS) is 14.8. The third-order valence-electron chi connectivity index (χ3n) is 3.15. The van der Waals surface area contributed by atoms with Crippen LogP contribution >= 0.6 is 0 Å². The molecule has 0 saturated heterocycles. The van der Waals surface area contributed by atoms with E-state index in [9.17, 15) is 8.42 Å². The Balaban J connectivity index is 3.03. The second-order valence-corrected chi connectivity index (χ2v) is 7.33. The van der Waals surface area contributed by atoms with E-state index in [-0.39, 0.29) is 16.4 Å². The van der Waals surface area contributed by atoms with Gasteiger partial charge in [0.05, 0.1) is 5.69 Å². The lowest BCUT2D eigenvalue weighted by atomic mass is 9.89. The zero-order chi connectivity index (χ0) is 14.1. The van der Waals surface area contributed by atoms with E-state index in [1.807, 2.05) is 34.6 Å². The molecule has 0 fully saturated rings. The zero-order valence-corrected chi connectivity index (χ0v) is 12.8. The van der Waals surface area contributed by atoms with E-state index < -0.39 is 10.0 Å². The molecule has 1 atom stereocenters. The van der Waals surface area contributed by atoms with Crippen LogP contribution in [0.25, 0.3) is 0 Å². The van der Waals surface area contributed by atoms with Crippen LogP contribution in [-0.2, 0) is 16.6 Å². The molecule has 1 aromatic rings. The van der Waals surface area contributed by atoms with Crippen LogP contribution < -0.4 is 4.72 Å². The van der Waals surface area contributed by atoms with Gasteiger partial charge in [0.1, 0.15) is 4.90 Å². The van der Waals surface area contributed by atoms with Crippen molar-refractivity contribution in [1.82, 2.24) is 14.5 Å². The van der Waals surface area contributed by atoms with Crippen molar-refractivity contribution in [2.24, 2.45) is 5.41 Å². The minimum atomic E-state index is -3.50. The summed E-state index contributed by atoms with van der Waals surface area (Å²) < 4.78 is 28.9. The summed E-state index contributed by atoms with van der Waals surface area (Å²) in [4.78, 5) is 0.264. The molecule has 104 valence electrons. The summed E-state index contributed by atoms with van der Waals surface area (Å²) in [5, 5.41) is 4.16. The molecular weight excluding hydrogens is 250 g/mol. The summed E-state index contributed by atoms with van der Waals surface area (Å²) in [6.45, 7) is 12.2. The third-order valence-corrected chi connectivity index (χ3v) is 4.79. The smallest absolute Gasteiger partial charge is 0.244 e. The summed E-state index contributed by atoms with van der Waals surface area (Å²) in [6.07, 6.45) is 1.58. The molecule has 0 amide bonds. The van der Waals surface area contributed by atoms with Gasteiger partial charge < -0.3 is 0 Å². The van der Waals surface area contributed by atoms with Gasteiger partial charge in [0.25, 0.3) is 0 Å². The van der Waals surface area contributed by atoms with Crippen LogP contribution in [0.3, 0.4) is 0 Å². The second-order valence-electron chi connectivity index (χ2n) is 5.64. The monoisotopic (exact) mass is 273 g/mol. The van der Waals surface area contributed by atoms with Gasteiger partial charge in [-0.3, -0.25) is 4.68 Å². The van der Waals surface area contributed by atoms with Gasteiger partial charge in [0.15, 0.2) is 0 Å². The first-order valence-electron chi connectivity index (χ1n) is 6.14. The van der Waals surface area contributed by atoms with Gasteiger partial charge in [-0.2, -0.15) is 5.10 Å². The van der Waals surface area contributed by atoms with Crippen LogP contribution in [0.15, 0.2) is 11.1 Å². The molecule has 1 heterocycles. The lowest BCUT2D eigenvalue weighted by molar-refractivity contribution is 0.317. The van der Waals surface area contributed by atoms with Crippen LogP contribution in [0.4, 0.5) is 0 Å². The predicted octanol–water partition coefficient (Wildman–Crippen LogP) is 1.92. The summed E-state index contributed by atoms with van der Waals surface area (Å²) >= 11 is 0. The molecule has 0 radical (unpaired) electrons. The minimum Gasteiger partial charge on any atom is -0.271 e. The topological polar surface area (TPSA) is 64.0 Å². The Labute approximate surface area is 110 Å². The number of aromatic nitrogens is 2. The molecule has 0 aliphatic rings. The molecule has 6 heteroatoms. The Morgan fingerprint density at radius 2 is 2.00 bits per heavy atom. The van der Waals surface area contributed by atoms with Crippen molar-refractivity contribution in [3.63, 3.8) is 0 Å². The molecule has 0 saturated carbocycles. The van der Waals surface area contributed by atoms with Crippen LogP contribution in [0.1, 0.15) is 40.3 Å². The molecule has 0 aromatic carbocycles. The molecule has 1 N–H and O–H groups in total. The number of aryl methyl sites for hydroxylation is 2. The first-order chi connectivity index (χ1) is 8.08. The number of hydrogen-bond donors (Lipinski definition) is 1. The Hall–Kier alpha value is -0.880. The van der Waals surface area contributed by atoms with E-state index >= 15 is 0 Å². The highest BCUT2D eigenvalue weighted by Crippen LogP contribution is 2.21. The summed E-state index contributed by atoms with van der Waals surface area (Å²) in [6, 6.07) is -0.146. The largest absolute Gasteiger partial charge is 0.271 e. The number of rotatable bonds is 4. The predicted molar refractivity (Wildman–Crippen MR) is 71.9 cm³/mol. The van der Waals surface area contributed by atoms with Gasteiger partial charge in [-0.25, -0.2) is 13.1 Å². The van der Waals surface area contributed by atoms with E-state index in [4.69, 9.17) is 0 Å².